The quantitative estimate of drug-likeness (QED) is 0.763. The summed E-state index contributed by atoms with van der Waals surface area (Å²) in [5.74, 6) is 1.32. The van der Waals surface area contributed by atoms with Crippen molar-refractivity contribution in [2.24, 2.45) is 0 Å². The minimum Gasteiger partial charge on any atom is -0.497 e. The van der Waals surface area contributed by atoms with Gasteiger partial charge in [0.2, 0.25) is 0 Å². The van der Waals surface area contributed by atoms with Gasteiger partial charge in [0.25, 0.3) is 5.91 Å². The number of aryl methyl sites for hydroxylation is 1. The van der Waals surface area contributed by atoms with Crippen LogP contribution in [0, 0.1) is 6.92 Å². The van der Waals surface area contributed by atoms with Crippen LogP contribution in [-0.2, 0) is 0 Å². The molecule has 128 valence electrons. The van der Waals surface area contributed by atoms with Crippen LogP contribution < -0.4 is 14.8 Å². The molecule has 0 radical (unpaired) electrons. The minimum atomic E-state index is -0.347. The lowest BCUT2D eigenvalue weighted by Crippen LogP contribution is -2.11. The fraction of sp³-hybridized carbons (Fsp3) is 0.158. The Kier molecular flexibility index (Phi) is 4.70. The van der Waals surface area contributed by atoms with Crippen molar-refractivity contribution < 1.29 is 18.8 Å². The van der Waals surface area contributed by atoms with Crippen LogP contribution in [0.3, 0.4) is 0 Å². The van der Waals surface area contributed by atoms with Gasteiger partial charge in [-0.1, -0.05) is 22.9 Å². The van der Waals surface area contributed by atoms with Gasteiger partial charge >= 0.3 is 0 Å². The van der Waals surface area contributed by atoms with E-state index in [0.717, 1.165) is 5.56 Å². The topological polar surface area (TPSA) is 73.6 Å². The lowest BCUT2D eigenvalue weighted by Gasteiger charge is -2.07. The zero-order valence-electron chi connectivity index (χ0n) is 14.2. The Hall–Kier alpha value is -3.28. The Balaban J connectivity index is 1.84. The molecular weight excluding hydrogens is 320 g/mol. The van der Waals surface area contributed by atoms with E-state index < -0.39 is 0 Å². The summed E-state index contributed by atoms with van der Waals surface area (Å²) >= 11 is 0. The molecule has 0 saturated carbocycles. The van der Waals surface area contributed by atoms with E-state index in [9.17, 15) is 4.79 Å². The molecular formula is C19H18N2O4. The van der Waals surface area contributed by atoms with Gasteiger partial charge < -0.3 is 19.3 Å². The first-order chi connectivity index (χ1) is 12.1. The summed E-state index contributed by atoms with van der Waals surface area (Å²) in [4.78, 5) is 12.3. The van der Waals surface area contributed by atoms with Crippen molar-refractivity contribution in [1.29, 1.82) is 0 Å². The van der Waals surface area contributed by atoms with Crippen LogP contribution in [0.2, 0.25) is 0 Å². The summed E-state index contributed by atoms with van der Waals surface area (Å²) < 4.78 is 15.9. The number of aromatic nitrogens is 1. The van der Waals surface area contributed by atoms with Gasteiger partial charge in [-0.25, -0.2) is 0 Å². The molecule has 6 heteroatoms. The molecule has 0 saturated heterocycles. The second kappa shape index (κ2) is 7.09. The van der Waals surface area contributed by atoms with Crippen molar-refractivity contribution in [3.05, 3.63) is 59.8 Å². The minimum absolute atomic E-state index is 0.181. The van der Waals surface area contributed by atoms with E-state index in [-0.39, 0.29) is 11.6 Å². The third-order valence-corrected chi connectivity index (χ3v) is 3.72. The molecule has 0 spiro atoms. The van der Waals surface area contributed by atoms with Gasteiger partial charge in [-0.2, -0.15) is 0 Å². The van der Waals surface area contributed by atoms with E-state index in [1.54, 1.807) is 38.5 Å². The number of rotatable bonds is 5. The van der Waals surface area contributed by atoms with Crippen LogP contribution in [0.1, 0.15) is 16.1 Å². The van der Waals surface area contributed by atoms with E-state index in [2.05, 4.69) is 10.5 Å². The Morgan fingerprint density at radius 2 is 1.80 bits per heavy atom. The van der Waals surface area contributed by atoms with Crippen LogP contribution in [0.25, 0.3) is 11.3 Å². The average Bonchev–Trinajstić information content (AvgIpc) is 3.13. The summed E-state index contributed by atoms with van der Waals surface area (Å²) in [6.07, 6.45) is 0. The molecule has 0 aliphatic rings. The van der Waals surface area contributed by atoms with Gasteiger partial charge in [-0.05, 0) is 37.3 Å². The molecule has 6 nitrogen and oxygen atoms in total. The van der Waals surface area contributed by atoms with Gasteiger partial charge in [-0.15, -0.1) is 0 Å². The number of amides is 1. The second-order valence-electron chi connectivity index (χ2n) is 5.46. The van der Waals surface area contributed by atoms with Crippen LogP contribution in [0.5, 0.6) is 11.5 Å². The van der Waals surface area contributed by atoms with Gasteiger partial charge in [0.05, 0.1) is 19.8 Å². The zero-order valence-corrected chi connectivity index (χ0v) is 14.2. The maximum Gasteiger partial charge on any atom is 0.277 e. The number of hydrogen-bond acceptors (Lipinski definition) is 5. The van der Waals surface area contributed by atoms with Crippen molar-refractivity contribution >= 4 is 11.6 Å². The molecule has 1 amide bonds. The third-order valence-electron chi connectivity index (χ3n) is 3.72. The molecule has 0 bridgehead atoms. The highest BCUT2D eigenvalue weighted by Crippen LogP contribution is 2.33. The van der Waals surface area contributed by atoms with Crippen LogP contribution in [0.4, 0.5) is 5.69 Å². The number of benzene rings is 2. The Bertz CT molecular complexity index is 885. The Labute approximate surface area is 145 Å². The largest absolute Gasteiger partial charge is 0.497 e. The molecule has 0 aliphatic carbocycles. The summed E-state index contributed by atoms with van der Waals surface area (Å²) in [6.45, 7) is 1.98. The highest BCUT2D eigenvalue weighted by molar-refractivity contribution is 6.03. The summed E-state index contributed by atoms with van der Waals surface area (Å²) in [6, 6.07) is 14.4. The number of methoxy groups -OCH3 is 2. The lowest BCUT2D eigenvalue weighted by molar-refractivity contribution is 0.101. The van der Waals surface area contributed by atoms with Gasteiger partial charge in [0, 0.05) is 11.8 Å². The molecule has 1 N–H and O–H groups in total. The SMILES string of the molecule is COc1ccc(OC)c(-c2cc(C(=O)Nc3ccc(C)cc3)no2)c1. The Morgan fingerprint density at radius 1 is 1.04 bits per heavy atom. The van der Waals surface area contributed by atoms with E-state index >= 15 is 0 Å². The maximum absolute atomic E-state index is 12.3. The van der Waals surface area contributed by atoms with Gasteiger partial charge in [-0.3, -0.25) is 4.79 Å². The predicted molar refractivity (Wildman–Crippen MR) is 94.2 cm³/mol. The molecule has 0 unspecified atom stereocenters. The number of nitrogens with zero attached hydrogens (tertiary/aromatic N) is 1. The number of nitrogens with one attached hydrogen (secondary N) is 1. The first-order valence-electron chi connectivity index (χ1n) is 7.68. The van der Waals surface area contributed by atoms with E-state index in [4.69, 9.17) is 14.0 Å². The lowest BCUT2D eigenvalue weighted by atomic mass is 10.1. The number of carbonyl (C=O) groups excluding carboxylic acids is 1. The van der Waals surface area contributed by atoms with Crippen molar-refractivity contribution in [3.63, 3.8) is 0 Å². The van der Waals surface area contributed by atoms with Crippen LogP contribution in [-0.4, -0.2) is 25.3 Å². The highest BCUT2D eigenvalue weighted by atomic mass is 16.5. The van der Waals surface area contributed by atoms with Crippen LogP contribution in [0.15, 0.2) is 53.1 Å². The first kappa shape index (κ1) is 16.6. The van der Waals surface area contributed by atoms with E-state index in [1.165, 1.54) is 0 Å². The maximum atomic E-state index is 12.3. The molecule has 2 aromatic carbocycles. The summed E-state index contributed by atoms with van der Waals surface area (Å²) in [5, 5.41) is 6.64. The standard InChI is InChI=1S/C19H18N2O4/c1-12-4-6-13(7-5-12)20-19(22)16-11-18(25-21-16)15-10-14(23-2)8-9-17(15)24-3/h4-11H,1-3H3,(H,20,22). The normalized spacial score (nSPS) is 10.4. The number of carbonyl (C=O) groups is 1. The molecule has 1 aromatic heterocycles. The fourth-order valence-electron chi connectivity index (χ4n) is 2.35. The van der Waals surface area contributed by atoms with E-state index in [1.807, 2.05) is 31.2 Å². The third kappa shape index (κ3) is 3.63. The summed E-state index contributed by atoms with van der Waals surface area (Å²) in [7, 11) is 3.14. The number of anilines is 1. The smallest absolute Gasteiger partial charge is 0.277 e. The van der Waals surface area contributed by atoms with Crippen molar-refractivity contribution in [3.8, 4) is 22.8 Å². The molecule has 3 rings (SSSR count). The first-order valence-corrected chi connectivity index (χ1v) is 7.68. The van der Waals surface area contributed by atoms with Crippen LogP contribution >= 0.6 is 0 Å². The average molecular weight is 338 g/mol. The number of hydrogen-bond donors (Lipinski definition) is 1. The van der Waals surface area contributed by atoms with Gasteiger partial charge in [0.1, 0.15) is 11.5 Å². The molecule has 0 aliphatic heterocycles. The molecule has 0 atom stereocenters. The number of ether oxygens (including phenoxy) is 2. The molecule has 1 heterocycles. The predicted octanol–water partition coefficient (Wildman–Crippen LogP) is 3.92. The molecule has 3 aromatic rings. The molecule has 0 fully saturated rings. The Morgan fingerprint density at radius 3 is 2.48 bits per heavy atom. The summed E-state index contributed by atoms with van der Waals surface area (Å²) in [5.41, 5.74) is 2.65. The van der Waals surface area contributed by atoms with Crippen molar-refractivity contribution in [2.75, 3.05) is 19.5 Å². The molecule has 25 heavy (non-hydrogen) atoms. The van der Waals surface area contributed by atoms with Crippen molar-refractivity contribution in [1.82, 2.24) is 5.16 Å². The fourth-order valence-corrected chi connectivity index (χ4v) is 2.35. The monoisotopic (exact) mass is 338 g/mol. The highest BCUT2D eigenvalue weighted by Gasteiger charge is 2.17. The second-order valence-corrected chi connectivity index (χ2v) is 5.46. The van der Waals surface area contributed by atoms with Gasteiger partial charge in [0.15, 0.2) is 11.5 Å². The van der Waals surface area contributed by atoms with E-state index in [0.29, 0.717) is 28.5 Å². The zero-order chi connectivity index (χ0) is 17.8. The van der Waals surface area contributed by atoms with Crippen molar-refractivity contribution in [2.45, 2.75) is 6.92 Å².